The molecule has 2 aromatic carbocycles. The number of allylic oxidation sites excluding steroid dienone is 1. The number of hydrogen-bond donors (Lipinski definition) is 1. The average Bonchev–Trinajstić information content (AvgIpc) is 2.40. The molecule has 0 atom stereocenters. The lowest BCUT2D eigenvalue weighted by Crippen LogP contribution is -1.94. The van der Waals surface area contributed by atoms with Gasteiger partial charge in [0, 0.05) is 0 Å². The van der Waals surface area contributed by atoms with Gasteiger partial charge in [0.2, 0.25) is 0 Å². The zero-order valence-electron chi connectivity index (χ0n) is 9.51. The maximum Gasteiger partial charge on any atom is 0.189 e. The summed E-state index contributed by atoms with van der Waals surface area (Å²) < 4.78 is 0.515. The lowest BCUT2D eigenvalue weighted by atomic mass is 10.1. The smallest absolute Gasteiger partial charge is 0.189 e. The molecule has 0 radical (unpaired) electrons. The maximum atomic E-state index is 11.9. The van der Waals surface area contributed by atoms with Gasteiger partial charge in [-0.15, -0.1) is 0 Å². The van der Waals surface area contributed by atoms with Crippen LogP contribution in [0.25, 0.3) is 6.08 Å². The Bertz CT molecular complexity index is 589. The van der Waals surface area contributed by atoms with Crippen molar-refractivity contribution in [2.75, 3.05) is 0 Å². The van der Waals surface area contributed by atoms with Gasteiger partial charge >= 0.3 is 0 Å². The van der Waals surface area contributed by atoms with E-state index in [1.54, 1.807) is 24.3 Å². The van der Waals surface area contributed by atoms with Crippen LogP contribution in [-0.4, -0.2) is 10.9 Å². The van der Waals surface area contributed by atoms with Crippen LogP contribution in [0, 0.1) is 0 Å². The Morgan fingerprint density at radius 2 is 1.78 bits per heavy atom. The van der Waals surface area contributed by atoms with Gasteiger partial charge in [-0.05, 0) is 39.7 Å². The summed E-state index contributed by atoms with van der Waals surface area (Å²) in [7, 11) is 0. The monoisotopic (exact) mass is 302 g/mol. The first-order valence-electron chi connectivity index (χ1n) is 5.43. The second-order valence-corrected chi connectivity index (χ2v) is 4.60. The summed E-state index contributed by atoms with van der Waals surface area (Å²) in [5, 5.41) is 9.76. The normalized spacial score (nSPS) is 10.7. The molecule has 0 amide bonds. The van der Waals surface area contributed by atoms with E-state index >= 15 is 0 Å². The molecule has 2 rings (SSSR count). The molecule has 0 aromatic heterocycles. The minimum absolute atomic E-state index is 0.0276. The summed E-state index contributed by atoms with van der Waals surface area (Å²) in [6.45, 7) is 0. The van der Waals surface area contributed by atoms with E-state index in [1.165, 1.54) is 6.08 Å². The van der Waals surface area contributed by atoms with Crippen molar-refractivity contribution in [2.24, 2.45) is 0 Å². The molecule has 18 heavy (non-hydrogen) atoms. The summed E-state index contributed by atoms with van der Waals surface area (Å²) in [5.41, 5.74) is 1.23. The number of phenolic OH excluding ortho intramolecular Hbond substituents is 1. The molecule has 1 N–H and O–H groups in total. The number of benzene rings is 2. The van der Waals surface area contributed by atoms with Crippen LogP contribution in [0.1, 0.15) is 15.9 Å². The molecule has 0 saturated carbocycles. The van der Waals surface area contributed by atoms with Crippen LogP contribution in [0.2, 0.25) is 0 Å². The predicted molar refractivity (Wildman–Crippen MR) is 75.6 cm³/mol. The molecule has 0 aliphatic rings. The number of para-hydroxylation sites is 1. The van der Waals surface area contributed by atoms with E-state index in [0.29, 0.717) is 4.47 Å². The van der Waals surface area contributed by atoms with Crippen molar-refractivity contribution in [1.29, 1.82) is 0 Å². The molecule has 0 unspecified atom stereocenters. The molecule has 0 fully saturated rings. The first kappa shape index (κ1) is 12.6. The highest BCUT2D eigenvalue weighted by Gasteiger charge is 2.10. The van der Waals surface area contributed by atoms with Gasteiger partial charge in [0.05, 0.1) is 10.0 Å². The van der Waals surface area contributed by atoms with Crippen molar-refractivity contribution in [3.63, 3.8) is 0 Å². The Hall–Kier alpha value is -1.87. The topological polar surface area (TPSA) is 37.3 Å². The summed E-state index contributed by atoms with van der Waals surface area (Å²) in [6.07, 6.45) is 3.18. The van der Waals surface area contributed by atoms with Crippen LogP contribution in [0.3, 0.4) is 0 Å². The first-order valence-corrected chi connectivity index (χ1v) is 6.23. The molecule has 0 spiro atoms. The molecule has 0 heterocycles. The van der Waals surface area contributed by atoms with Crippen molar-refractivity contribution in [3.8, 4) is 5.75 Å². The molecular formula is C15H11BrO2. The largest absolute Gasteiger partial charge is 0.506 e. The van der Waals surface area contributed by atoms with Gasteiger partial charge in [-0.3, -0.25) is 4.79 Å². The van der Waals surface area contributed by atoms with Gasteiger partial charge in [-0.1, -0.05) is 42.5 Å². The highest BCUT2D eigenvalue weighted by atomic mass is 79.9. The molecule has 2 nitrogen and oxygen atoms in total. The Balaban J connectivity index is 2.23. The van der Waals surface area contributed by atoms with Gasteiger partial charge in [0.1, 0.15) is 5.75 Å². The summed E-state index contributed by atoms with van der Waals surface area (Å²) in [6, 6.07) is 14.5. The lowest BCUT2D eigenvalue weighted by molar-refractivity contribution is 0.104. The third kappa shape index (κ3) is 2.87. The number of carbonyl (C=O) groups is 1. The van der Waals surface area contributed by atoms with Crippen molar-refractivity contribution in [3.05, 3.63) is 70.2 Å². The third-order valence-electron chi connectivity index (χ3n) is 2.48. The number of rotatable bonds is 3. The van der Waals surface area contributed by atoms with Crippen LogP contribution in [-0.2, 0) is 0 Å². The van der Waals surface area contributed by atoms with Gasteiger partial charge < -0.3 is 5.11 Å². The maximum absolute atomic E-state index is 11.9. The molecule has 90 valence electrons. The summed E-state index contributed by atoms with van der Waals surface area (Å²) in [4.78, 5) is 11.9. The van der Waals surface area contributed by atoms with Gasteiger partial charge in [0.15, 0.2) is 5.78 Å². The molecule has 0 aliphatic carbocycles. The molecule has 0 saturated heterocycles. The SMILES string of the molecule is O=C(C=Cc1ccccc1)c1cccc(Br)c1O. The fraction of sp³-hybridized carbons (Fsp3) is 0. The van der Waals surface area contributed by atoms with Crippen LogP contribution >= 0.6 is 15.9 Å². The molecule has 3 heteroatoms. The van der Waals surface area contributed by atoms with E-state index in [-0.39, 0.29) is 17.1 Å². The minimum Gasteiger partial charge on any atom is -0.506 e. The number of ketones is 1. The van der Waals surface area contributed by atoms with E-state index in [4.69, 9.17) is 0 Å². The van der Waals surface area contributed by atoms with Crippen LogP contribution < -0.4 is 0 Å². The number of phenols is 1. The lowest BCUT2D eigenvalue weighted by Gasteiger charge is -2.02. The Kier molecular flexibility index (Phi) is 3.95. The number of halogens is 1. The van der Waals surface area contributed by atoms with E-state index in [0.717, 1.165) is 5.56 Å². The second kappa shape index (κ2) is 5.65. The fourth-order valence-electron chi connectivity index (χ4n) is 1.54. The first-order chi connectivity index (χ1) is 8.68. The third-order valence-corrected chi connectivity index (χ3v) is 3.12. The zero-order chi connectivity index (χ0) is 13.0. The number of hydrogen-bond acceptors (Lipinski definition) is 2. The molecular weight excluding hydrogens is 292 g/mol. The Labute approximate surface area is 114 Å². The minimum atomic E-state index is -0.224. The number of carbonyl (C=O) groups excluding carboxylic acids is 1. The second-order valence-electron chi connectivity index (χ2n) is 3.74. The van der Waals surface area contributed by atoms with Crippen molar-refractivity contribution in [2.45, 2.75) is 0 Å². The van der Waals surface area contributed by atoms with Crippen molar-refractivity contribution >= 4 is 27.8 Å². The van der Waals surface area contributed by atoms with Gasteiger partial charge in [-0.25, -0.2) is 0 Å². The van der Waals surface area contributed by atoms with Gasteiger partial charge in [0.25, 0.3) is 0 Å². The average molecular weight is 303 g/mol. The highest BCUT2D eigenvalue weighted by molar-refractivity contribution is 9.10. The molecule has 0 aliphatic heterocycles. The van der Waals surface area contributed by atoms with Crippen LogP contribution in [0.5, 0.6) is 5.75 Å². The van der Waals surface area contributed by atoms with E-state index in [9.17, 15) is 9.90 Å². The van der Waals surface area contributed by atoms with Crippen molar-refractivity contribution < 1.29 is 9.90 Å². The van der Waals surface area contributed by atoms with E-state index in [1.807, 2.05) is 30.3 Å². The summed E-state index contributed by atoms with van der Waals surface area (Å²) >= 11 is 3.18. The van der Waals surface area contributed by atoms with Crippen LogP contribution in [0.15, 0.2) is 59.1 Å². The quantitative estimate of drug-likeness (QED) is 0.686. The fourth-order valence-corrected chi connectivity index (χ4v) is 1.91. The van der Waals surface area contributed by atoms with Gasteiger partial charge in [-0.2, -0.15) is 0 Å². The summed E-state index contributed by atoms with van der Waals surface area (Å²) in [5.74, 6) is -0.252. The van der Waals surface area contributed by atoms with Crippen LogP contribution in [0.4, 0.5) is 0 Å². The number of aromatic hydroxyl groups is 1. The van der Waals surface area contributed by atoms with E-state index in [2.05, 4.69) is 15.9 Å². The van der Waals surface area contributed by atoms with E-state index < -0.39 is 0 Å². The molecule has 2 aromatic rings. The molecule has 0 bridgehead atoms. The highest BCUT2D eigenvalue weighted by Crippen LogP contribution is 2.27. The zero-order valence-corrected chi connectivity index (χ0v) is 11.1. The standard InChI is InChI=1S/C15H11BrO2/c16-13-8-4-7-12(15(13)18)14(17)10-9-11-5-2-1-3-6-11/h1-10,18H. The Morgan fingerprint density at radius 3 is 2.50 bits per heavy atom. The van der Waals surface area contributed by atoms with Crippen molar-refractivity contribution in [1.82, 2.24) is 0 Å². The Morgan fingerprint density at radius 1 is 1.06 bits per heavy atom. The predicted octanol–water partition coefficient (Wildman–Crippen LogP) is 4.05.